The van der Waals surface area contributed by atoms with Crippen LogP contribution in [-0.4, -0.2) is 36.2 Å². The van der Waals surface area contributed by atoms with Crippen molar-refractivity contribution in [2.45, 2.75) is 19.3 Å². The van der Waals surface area contributed by atoms with E-state index in [2.05, 4.69) is 4.98 Å². The monoisotopic (exact) mass is 252 g/mol. The van der Waals surface area contributed by atoms with Crippen LogP contribution in [-0.2, 0) is 0 Å². The predicted octanol–water partition coefficient (Wildman–Crippen LogP) is 0.361. The van der Waals surface area contributed by atoms with Gasteiger partial charge in [0.15, 0.2) is 5.82 Å². The number of nitrogens with zero attached hydrogens (tertiary/aromatic N) is 2. The third-order valence-corrected chi connectivity index (χ3v) is 2.67. The van der Waals surface area contributed by atoms with Crippen LogP contribution in [0.4, 0.5) is 11.5 Å². The number of unbranched alkanes of at least 4 members (excludes halogenated alkanes) is 2. The quantitative estimate of drug-likeness (QED) is 0.608. The SMILES string of the molecule is CN(CCCCCO)c1nc(C(N)=O)ccc1N. The van der Waals surface area contributed by atoms with Crippen molar-refractivity contribution in [1.29, 1.82) is 0 Å². The molecule has 0 spiro atoms. The molecule has 5 N–H and O–H groups in total. The lowest BCUT2D eigenvalue weighted by atomic mass is 10.2. The molecule has 1 aromatic rings. The van der Waals surface area contributed by atoms with E-state index in [1.807, 2.05) is 11.9 Å². The Balaban J connectivity index is 2.68. The number of aliphatic hydroxyl groups is 1. The Morgan fingerprint density at radius 1 is 1.39 bits per heavy atom. The number of primary amides is 1. The molecule has 0 fully saturated rings. The predicted molar refractivity (Wildman–Crippen MR) is 71.4 cm³/mol. The summed E-state index contributed by atoms with van der Waals surface area (Å²) < 4.78 is 0. The summed E-state index contributed by atoms with van der Waals surface area (Å²) >= 11 is 0. The van der Waals surface area contributed by atoms with Gasteiger partial charge in [0.2, 0.25) is 0 Å². The second kappa shape index (κ2) is 6.80. The summed E-state index contributed by atoms with van der Waals surface area (Å²) in [6, 6.07) is 3.15. The number of hydrogen-bond acceptors (Lipinski definition) is 5. The van der Waals surface area contributed by atoms with Crippen molar-refractivity contribution in [1.82, 2.24) is 4.98 Å². The van der Waals surface area contributed by atoms with Gasteiger partial charge in [-0.1, -0.05) is 0 Å². The average molecular weight is 252 g/mol. The Hall–Kier alpha value is -1.82. The molecule has 0 aliphatic carbocycles. The molecule has 6 nitrogen and oxygen atoms in total. The van der Waals surface area contributed by atoms with Gasteiger partial charge in [0, 0.05) is 20.2 Å². The Labute approximate surface area is 107 Å². The number of carbonyl (C=O) groups excluding carboxylic acids is 1. The van der Waals surface area contributed by atoms with Gasteiger partial charge in [0.25, 0.3) is 5.91 Å². The number of carbonyl (C=O) groups is 1. The van der Waals surface area contributed by atoms with E-state index in [4.69, 9.17) is 16.6 Å². The molecule has 0 unspecified atom stereocenters. The number of nitrogens with two attached hydrogens (primary N) is 2. The van der Waals surface area contributed by atoms with Gasteiger partial charge in [-0.25, -0.2) is 4.98 Å². The summed E-state index contributed by atoms with van der Waals surface area (Å²) in [6.45, 7) is 0.973. The summed E-state index contributed by atoms with van der Waals surface area (Å²) in [7, 11) is 1.86. The number of hydrogen-bond donors (Lipinski definition) is 3. The standard InChI is InChI=1S/C12H20N4O2/c1-16(7-3-2-4-8-17)12-9(13)5-6-10(15-12)11(14)18/h5-6,17H,2-4,7-8,13H2,1H3,(H2,14,18). The molecule has 0 aliphatic heterocycles. The van der Waals surface area contributed by atoms with E-state index in [0.29, 0.717) is 11.5 Å². The molecule has 0 saturated heterocycles. The Morgan fingerprint density at radius 3 is 2.72 bits per heavy atom. The van der Waals surface area contributed by atoms with Gasteiger partial charge < -0.3 is 21.5 Å². The first-order valence-electron chi connectivity index (χ1n) is 5.94. The molecule has 100 valence electrons. The topological polar surface area (TPSA) is 105 Å². The van der Waals surface area contributed by atoms with Gasteiger partial charge in [0.05, 0.1) is 5.69 Å². The summed E-state index contributed by atoms with van der Waals surface area (Å²) in [5, 5.41) is 8.69. The Kier molecular flexibility index (Phi) is 5.38. The largest absolute Gasteiger partial charge is 0.396 e. The zero-order valence-corrected chi connectivity index (χ0v) is 10.6. The number of amides is 1. The highest BCUT2D eigenvalue weighted by molar-refractivity contribution is 5.91. The number of aliphatic hydroxyl groups excluding tert-OH is 1. The van der Waals surface area contributed by atoms with Crippen molar-refractivity contribution in [3.8, 4) is 0 Å². The first-order chi connectivity index (χ1) is 8.56. The van der Waals surface area contributed by atoms with Crippen LogP contribution in [0.5, 0.6) is 0 Å². The molecule has 1 rings (SSSR count). The van der Waals surface area contributed by atoms with Crippen LogP contribution in [0, 0.1) is 0 Å². The molecule has 0 radical (unpaired) electrons. The molecule has 6 heteroatoms. The fraction of sp³-hybridized carbons (Fsp3) is 0.500. The normalized spacial score (nSPS) is 10.3. The van der Waals surface area contributed by atoms with Crippen molar-refractivity contribution in [3.05, 3.63) is 17.8 Å². The zero-order chi connectivity index (χ0) is 13.5. The van der Waals surface area contributed by atoms with Crippen LogP contribution in [0.1, 0.15) is 29.8 Å². The van der Waals surface area contributed by atoms with Gasteiger partial charge >= 0.3 is 0 Å². The second-order valence-corrected chi connectivity index (χ2v) is 4.18. The molecular formula is C12H20N4O2. The van der Waals surface area contributed by atoms with Crippen LogP contribution < -0.4 is 16.4 Å². The van der Waals surface area contributed by atoms with Crippen molar-refractivity contribution in [2.24, 2.45) is 5.73 Å². The van der Waals surface area contributed by atoms with E-state index >= 15 is 0 Å². The molecule has 18 heavy (non-hydrogen) atoms. The molecule has 1 amide bonds. The fourth-order valence-electron chi connectivity index (χ4n) is 1.65. The van der Waals surface area contributed by atoms with E-state index in [-0.39, 0.29) is 12.3 Å². The average Bonchev–Trinajstić information content (AvgIpc) is 2.34. The van der Waals surface area contributed by atoms with Crippen molar-refractivity contribution in [3.63, 3.8) is 0 Å². The maximum Gasteiger partial charge on any atom is 0.267 e. The van der Waals surface area contributed by atoms with Crippen molar-refractivity contribution >= 4 is 17.4 Å². The minimum Gasteiger partial charge on any atom is -0.396 e. The number of aromatic nitrogens is 1. The van der Waals surface area contributed by atoms with Gasteiger partial charge in [-0.2, -0.15) is 0 Å². The first kappa shape index (κ1) is 14.2. The highest BCUT2D eigenvalue weighted by atomic mass is 16.2. The van der Waals surface area contributed by atoms with Crippen molar-refractivity contribution < 1.29 is 9.90 Å². The minimum atomic E-state index is -0.565. The van der Waals surface area contributed by atoms with Crippen LogP contribution >= 0.6 is 0 Å². The molecule has 0 bridgehead atoms. The van der Waals surface area contributed by atoms with Crippen LogP contribution in [0.25, 0.3) is 0 Å². The summed E-state index contributed by atoms with van der Waals surface area (Å²) in [5.74, 6) is 0.000212. The minimum absolute atomic E-state index is 0.210. The van der Waals surface area contributed by atoms with Gasteiger partial charge in [-0.3, -0.25) is 4.79 Å². The third kappa shape index (κ3) is 3.89. The molecule has 0 aliphatic rings. The molecule has 1 heterocycles. The molecule has 0 atom stereocenters. The van der Waals surface area contributed by atoms with Crippen LogP contribution in [0.2, 0.25) is 0 Å². The number of rotatable bonds is 7. The summed E-state index contributed by atoms with van der Waals surface area (Å²) in [6.07, 6.45) is 2.66. The van der Waals surface area contributed by atoms with Gasteiger partial charge in [0.1, 0.15) is 5.69 Å². The second-order valence-electron chi connectivity index (χ2n) is 4.18. The number of nitrogen functional groups attached to an aromatic ring is 1. The Bertz CT molecular complexity index is 409. The van der Waals surface area contributed by atoms with E-state index in [0.717, 1.165) is 25.8 Å². The van der Waals surface area contributed by atoms with Gasteiger partial charge in [-0.15, -0.1) is 0 Å². The summed E-state index contributed by atoms with van der Waals surface area (Å²) in [5.41, 5.74) is 11.7. The molecule has 0 saturated carbocycles. The molecule has 1 aromatic heterocycles. The van der Waals surface area contributed by atoms with Gasteiger partial charge in [-0.05, 0) is 31.4 Å². The first-order valence-corrected chi connectivity index (χ1v) is 5.94. The van der Waals surface area contributed by atoms with E-state index in [1.165, 1.54) is 6.07 Å². The van der Waals surface area contributed by atoms with Crippen LogP contribution in [0.15, 0.2) is 12.1 Å². The lowest BCUT2D eigenvalue weighted by Crippen LogP contribution is -2.23. The number of anilines is 2. The lowest BCUT2D eigenvalue weighted by Gasteiger charge is -2.20. The smallest absolute Gasteiger partial charge is 0.267 e. The van der Waals surface area contributed by atoms with Crippen molar-refractivity contribution in [2.75, 3.05) is 30.8 Å². The van der Waals surface area contributed by atoms with Crippen LogP contribution in [0.3, 0.4) is 0 Å². The molecular weight excluding hydrogens is 232 g/mol. The Morgan fingerprint density at radius 2 is 2.11 bits per heavy atom. The van der Waals surface area contributed by atoms with E-state index in [1.54, 1.807) is 6.07 Å². The lowest BCUT2D eigenvalue weighted by molar-refractivity contribution is 0.0995. The highest BCUT2D eigenvalue weighted by Crippen LogP contribution is 2.19. The van der Waals surface area contributed by atoms with E-state index in [9.17, 15) is 4.79 Å². The summed E-state index contributed by atoms with van der Waals surface area (Å²) in [4.78, 5) is 17.1. The molecule has 0 aromatic carbocycles. The maximum atomic E-state index is 11.1. The number of pyridine rings is 1. The fourth-order valence-corrected chi connectivity index (χ4v) is 1.65. The third-order valence-electron chi connectivity index (χ3n) is 2.67. The van der Waals surface area contributed by atoms with E-state index < -0.39 is 5.91 Å². The highest BCUT2D eigenvalue weighted by Gasteiger charge is 2.10. The zero-order valence-electron chi connectivity index (χ0n) is 10.6. The maximum absolute atomic E-state index is 11.1.